The first-order chi connectivity index (χ1) is 11.9. The maximum Gasteiger partial charge on any atom is 0.311 e. The first kappa shape index (κ1) is 18.7. The number of hydrogen-bond acceptors (Lipinski definition) is 4. The van der Waals surface area contributed by atoms with Crippen LogP contribution in [0.2, 0.25) is 5.02 Å². The van der Waals surface area contributed by atoms with E-state index in [1.54, 1.807) is 30.3 Å². The number of para-hydroxylation sites is 1. The molecule has 0 fully saturated rings. The number of esters is 1. The minimum atomic E-state index is -1.02. The van der Waals surface area contributed by atoms with Gasteiger partial charge in [0.2, 0.25) is 0 Å². The number of methoxy groups -OCH3 is 1. The van der Waals surface area contributed by atoms with Gasteiger partial charge in [0.15, 0.2) is 17.7 Å². The van der Waals surface area contributed by atoms with Crippen molar-refractivity contribution >= 4 is 29.2 Å². The first-order valence-electron chi connectivity index (χ1n) is 7.48. The summed E-state index contributed by atoms with van der Waals surface area (Å²) in [6, 6.07) is 10.9. The van der Waals surface area contributed by atoms with Crippen molar-refractivity contribution in [1.29, 1.82) is 0 Å². The van der Waals surface area contributed by atoms with Crippen molar-refractivity contribution in [2.75, 3.05) is 12.4 Å². The number of carbonyl (C=O) groups is 2. The molecule has 1 atom stereocenters. The lowest BCUT2D eigenvalue weighted by Crippen LogP contribution is -2.30. The minimum Gasteiger partial charge on any atom is -0.494 e. The van der Waals surface area contributed by atoms with Crippen LogP contribution in [-0.4, -0.2) is 25.1 Å². The fraction of sp³-hybridized carbons (Fsp3) is 0.222. The van der Waals surface area contributed by atoms with Gasteiger partial charge in [0, 0.05) is 0 Å². The van der Waals surface area contributed by atoms with Crippen LogP contribution in [0.1, 0.15) is 12.5 Å². The number of amides is 1. The van der Waals surface area contributed by atoms with Crippen LogP contribution >= 0.6 is 11.6 Å². The Balaban J connectivity index is 1.92. The van der Waals surface area contributed by atoms with E-state index < -0.39 is 23.8 Å². The van der Waals surface area contributed by atoms with Crippen LogP contribution in [0.25, 0.3) is 0 Å². The highest BCUT2D eigenvalue weighted by Gasteiger charge is 2.19. The second-order valence-corrected chi connectivity index (χ2v) is 5.65. The van der Waals surface area contributed by atoms with Gasteiger partial charge in [-0.3, -0.25) is 9.59 Å². The van der Waals surface area contributed by atoms with E-state index in [1.807, 2.05) is 0 Å². The van der Waals surface area contributed by atoms with E-state index in [4.69, 9.17) is 21.1 Å². The molecule has 0 aliphatic heterocycles. The van der Waals surface area contributed by atoms with Gasteiger partial charge in [-0.15, -0.1) is 0 Å². The number of carbonyl (C=O) groups excluding carboxylic acids is 2. The topological polar surface area (TPSA) is 64.6 Å². The molecular formula is C18H17ClFNO4. The maximum atomic E-state index is 13.6. The van der Waals surface area contributed by atoms with Crippen molar-refractivity contribution in [2.24, 2.45) is 0 Å². The molecular weight excluding hydrogens is 349 g/mol. The van der Waals surface area contributed by atoms with E-state index in [-0.39, 0.29) is 12.2 Å². The Hall–Kier alpha value is -2.60. The number of benzene rings is 2. The van der Waals surface area contributed by atoms with Crippen molar-refractivity contribution in [3.8, 4) is 5.75 Å². The fourth-order valence-corrected chi connectivity index (χ4v) is 2.26. The highest BCUT2D eigenvalue weighted by molar-refractivity contribution is 6.33. The van der Waals surface area contributed by atoms with Crippen LogP contribution in [0.4, 0.5) is 10.1 Å². The summed E-state index contributed by atoms with van der Waals surface area (Å²) in [5.74, 6) is -1.64. The van der Waals surface area contributed by atoms with Crippen molar-refractivity contribution < 1.29 is 23.5 Å². The normalized spacial score (nSPS) is 11.5. The molecule has 0 unspecified atom stereocenters. The predicted molar refractivity (Wildman–Crippen MR) is 92.3 cm³/mol. The van der Waals surface area contributed by atoms with E-state index in [0.29, 0.717) is 16.3 Å². The van der Waals surface area contributed by atoms with E-state index in [1.165, 1.54) is 26.2 Å². The van der Waals surface area contributed by atoms with Gasteiger partial charge in [-0.05, 0) is 36.8 Å². The van der Waals surface area contributed by atoms with Crippen LogP contribution in [-0.2, 0) is 20.7 Å². The summed E-state index contributed by atoms with van der Waals surface area (Å²) in [5.41, 5.74) is 0.844. The zero-order valence-electron chi connectivity index (χ0n) is 13.7. The number of anilines is 1. The Morgan fingerprint density at radius 1 is 1.24 bits per heavy atom. The zero-order valence-corrected chi connectivity index (χ0v) is 14.5. The summed E-state index contributed by atoms with van der Waals surface area (Å²) >= 11 is 5.96. The Morgan fingerprint density at radius 3 is 2.60 bits per heavy atom. The summed E-state index contributed by atoms with van der Waals surface area (Å²) in [6.45, 7) is 1.44. The largest absolute Gasteiger partial charge is 0.494 e. The molecule has 5 nitrogen and oxygen atoms in total. The van der Waals surface area contributed by atoms with E-state index >= 15 is 0 Å². The first-order valence-corrected chi connectivity index (χ1v) is 7.85. The lowest BCUT2D eigenvalue weighted by molar-refractivity contribution is -0.152. The molecule has 2 aromatic rings. The van der Waals surface area contributed by atoms with Crippen molar-refractivity contribution in [3.63, 3.8) is 0 Å². The Morgan fingerprint density at radius 2 is 1.96 bits per heavy atom. The van der Waals surface area contributed by atoms with Gasteiger partial charge in [0.05, 0.1) is 24.2 Å². The highest BCUT2D eigenvalue weighted by Crippen LogP contribution is 2.21. The van der Waals surface area contributed by atoms with Crippen LogP contribution in [0, 0.1) is 5.82 Å². The molecule has 1 amide bonds. The summed E-state index contributed by atoms with van der Waals surface area (Å²) in [5, 5.41) is 2.96. The van der Waals surface area contributed by atoms with E-state index in [0.717, 1.165) is 0 Å². The summed E-state index contributed by atoms with van der Waals surface area (Å²) in [7, 11) is 1.35. The number of ether oxygens (including phenoxy) is 2. The molecule has 7 heteroatoms. The molecule has 2 aromatic carbocycles. The second kappa shape index (κ2) is 8.48. The van der Waals surface area contributed by atoms with Crippen LogP contribution in [0.15, 0.2) is 42.5 Å². The molecule has 132 valence electrons. The third kappa shape index (κ3) is 5.19. The van der Waals surface area contributed by atoms with Gasteiger partial charge in [-0.25, -0.2) is 4.39 Å². The zero-order chi connectivity index (χ0) is 18.4. The summed E-state index contributed by atoms with van der Waals surface area (Å²) < 4.78 is 23.5. The second-order valence-electron chi connectivity index (χ2n) is 5.25. The molecule has 0 bridgehead atoms. The molecule has 1 N–H and O–H groups in total. The predicted octanol–water partition coefficient (Wildman–Crippen LogP) is 3.60. The average molecular weight is 366 g/mol. The van der Waals surface area contributed by atoms with E-state index in [9.17, 15) is 14.0 Å². The molecule has 0 radical (unpaired) electrons. The number of hydrogen-bond donors (Lipinski definition) is 1. The fourth-order valence-electron chi connectivity index (χ4n) is 2.08. The molecule has 25 heavy (non-hydrogen) atoms. The molecule has 0 heterocycles. The smallest absolute Gasteiger partial charge is 0.311 e. The monoisotopic (exact) mass is 365 g/mol. The molecule has 0 spiro atoms. The molecule has 0 aliphatic rings. The average Bonchev–Trinajstić information content (AvgIpc) is 2.57. The highest BCUT2D eigenvalue weighted by atomic mass is 35.5. The minimum absolute atomic E-state index is 0.0876. The molecule has 0 saturated carbocycles. The lowest BCUT2D eigenvalue weighted by atomic mass is 10.1. The van der Waals surface area contributed by atoms with Gasteiger partial charge in [0.1, 0.15) is 0 Å². The third-order valence-corrected chi connectivity index (χ3v) is 3.70. The van der Waals surface area contributed by atoms with Crippen molar-refractivity contribution in [1.82, 2.24) is 0 Å². The van der Waals surface area contributed by atoms with Gasteiger partial charge in [-0.1, -0.05) is 29.8 Å². The van der Waals surface area contributed by atoms with Crippen molar-refractivity contribution in [2.45, 2.75) is 19.4 Å². The van der Waals surface area contributed by atoms with Gasteiger partial charge in [0.25, 0.3) is 5.91 Å². The number of halogens is 2. The lowest BCUT2D eigenvalue weighted by Gasteiger charge is -2.14. The molecule has 2 rings (SSSR count). The standard InChI is InChI=1S/C18H17ClFNO4/c1-11(18(23)21-15-6-4-3-5-13(15)19)25-17(22)10-12-7-8-16(24-2)14(20)9-12/h3-9,11H,10H2,1-2H3,(H,21,23)/t11-/m1/s1. The molecule has 0 aromatic heterocycles. The van der Waals surface area contributed by atoms with Gasteiger partial charge >= 0.3 is 5.97 Å². The quantitative estimate of drug-likeness (QED) is 0.794. The summed E-state index contributed by atoms with van der Waals surface area (Å²) in [6.07, 6.45) is -1.18. The number of rotatable bonds is 6. The molecule has 0 aliphatic carbocycles. The Labute approximate surface area is 149 Å². The number of nitrogens with one attached hydrogen (secondary N) is 1. The van der Waals surface area contributed by atoms with Crippen LogP contribution in [0.3, 0.4) is 0 Å². The Kier molecular flexibility index (Phi) is 6.36. The van der Waals surface area contributed by atoms with E-state index in [2.05, 4.69) is 5.32 Å². The third-order valence-electron chi connectivity index (χ3n) is 3.37. The maximum absolute atomic E-state index is 13.6. The molecule has 0 saturated heterocycles. The Bertz CT molecular complexity index is 781. The van der Waals surface area contributed by atoms with Crippen molar-refractivity contribution in [3.05, 3.63) is 58.9 Å². The van der Waals surface area contributed by atoms with Gasteiger partial charge < -0.3 is 14.8 Å². The van der Waals surface area contributed by atoms with Crippen LogP contribution < -0.4 is 10.1 Å². The summed E-state index contributed by atoms with van der Waals surface area (Å²) in [4.78, 5) is 24.0. The van der Waals surface area contributed by atoms with Crippen LogP contribution in [0.5, 0.6) is 5.75 Å². The SMILES string of the molecule is COc1ccc(CC(=O)O[C@H](C)C(=O)Nc2ccccc2Cl)cc1F. The van der Waals surface area contributed by atoms with Gasteiger partial charge in [-0.2, -0.15) is 0 Å².